The highest BCUT2D eigenvalue weighted by atomic mass is 32.1. The van der Waals surface area contributed by atoms with Gasteiger partial charge < -0.3 is 5.32 Å². The Bertz CT molecular complexity index is 1040. The highest BCUT2D eigenvalue weighted by molar-refractivity contribution is 7.15. The molecule has 28 heavy (non-hydrogen) atoms. The number of amides is 1. The zero-order valence-electron chi connectivity index (χ0n) is 14.7. The van der Waals surface area contributed by atoms with E-state index in [0.29, 0.717) is 5.13 Å². The monoisotopic (exact) mass is 403 g/mol. The van der Waals surface area contributed by atoms with Crippen molar-refractivity contribution in [1.29, 1.82) is 0 Å². The van der Waals surface area contributed by atoms with Gasteiger partial charge in [0, 0.05) is 4.88 Å². The first-order valence-corrected chi connectivity index (χ1v) is 8.69. The standard InChI is InChI=1S/C16H14FN7O3S/c1-8-9(2)28-16(20-8)21-13-12(24(26)27)14(19-7-18-13)22-23-15(25)10-5-3-4-6-11(10)17/h3-7H,1-2H3,(H,23,25)(H2,18,19,20,21,22). The van der Waals surface area contributed by atoms with Crippen molar-refractivity contribution >= 4 is 39.7 Å². The third kappa shape index (κ3) is 4.01. The summed E-state index contributed by atoms with van der Waals surface area (Å²) in [5.41, 5.74) is 4.61. The summed E-state index contributed by atoms with van der Waals surface area (Å²) in [6, 6.07) is 5.34. The number of nitrogens with one attached hydrogen (secondary N) is 3. The molecule has 0 aliphatic carbocycles. The van der Waals surface area contributed by atoms with Crippen LogP contribution in [-0.2, 0) is 0 Å². The Morgan fingerprint density at radius 2 is 1.93 bits per heavy atom. The van der Waals surface area contributed by atoms with Gasteiger partial charge in [0.2, 0.25) is 11.6 Å². The van der Waals surface area contributed by atoms with Crippen LogP contribution in [0.2, 0.25) is 0 Å². The summed E-state index contributed by atoms with van der Waals surface area (Å²) in [5, 5.41) is 14.7. The summed E-state index contributed by atoms with van der Waals surface area (Å²) in [4.78, 5) is 35.8. The second-order valence-electron chi connectivity index (χ2n) is 5.52. The van der Waals surface area contributed by atoms with Crippen LogP contribution in [0.25, 0.3) is 0 Å². The van der Waals surface area contributed by atoms with Crippen molar-refractivity contribution in [2.45, 2.75) is 13.8 Å². The number of nitro groups is 1. The topological polar surface area (TPSA) is 135 Å². The lowest BCUT2D eigenvalue weighted by Gasteiger charge is -2.10. The van der Waals surface area contributed by atoms with Crippen molar-refractivity contribution in [3.05, 3.63) is 62.7 Å². The number of aromatic nitrogens is 3. The Morgan fingerprint density at radius 1 is 1.21 bits per heavy atom. The molecule has 12 heteroatoms. The van der Waals surface area contributed by atoms with Gasteiger partial charge in [0.05, 0.1) is 16.2 Å². The number of halogens is 1. The molecule has 3 rings (SSSR count). The summed E-state index contributed by atoms with van der Waals surface area (Å²) in [7, 11) is 0. The number of anilines is 3. The van der Waals surface area contributed by atoms with Crippen LogP contribution in [0, 0.1) is 29.8 Å². The molecular formula is C16H14FN7O3S. The predicted molar refractivity (Wildman–Crippen MR) is 101 cm³/mol. The van der Waals surface area contributed by atoms with E-state index < -0.39 is 22.3 Å². The Kier molecular flexibility index (Phi) is 5.40. The van der Waals surface area contributed by atoms with E-state index in [1.807, 2.05) is 13.8 Å². The number of aryl methyl sites for hydroxylation is 2. The molecule has 2 aromatic heterocycles. The Labute approximate surface area is 162 Å². The summed E-state index contributed by atoms with van der Waals surface area (Å²) in [6.45, 7) is 3.69. The van der Waals surface area contributed by atoms with Gasteiger partial charge in [0.1, 0.15) is 12.1 Å². The zero-order valence-corrected chi connectivity index (χ0v) is 15.5. The number of carbonyl (C=O) groups excluding carboxylic acids is 1. The molecule has 0 saturated heterocycles. The van der Waals surface area contributed by atoms with Gasteiger partial charge in [-0.15, -0.1) is 11.3 Å². The van der Waals surface area contributed by atoms with Crippen LogP contribution in [0.5, 0.6) is 0 Å². The maximum atomic E-state index is 13.7. The quantitative estimate of drug-likeness (QED) is 0.422. The van der Waals surface area contributed by atoms with Crippen molar-refractivity contribution in [3.63, 3.8) is 0 Å². The first-order chi connectivity index (χ1) is 13.4. The number of hydrazine groups is 1. The van der Waals surface area contributed by atoms with Crippen LogP contribution < -0.4 is 16.2 Å². The predicted octanol–water partition coefficient (Wildman–Crippen LogP) is 3.10. The number of benzene rings is 1. The molecule has 3 aromatic rings. The normalized spacial score (nSPS) is 10.4. The number of rotatable bonds is 6. The van der Waals surface area contributed by atoms with Crippen LogP contribution in [0.3, 0.4) is 0 Å². The Balaban J connectivity index is 1.84. The molecular weight excluding hydrogens is 389 g/mol. The molecule has 0 bridgehead atoms. The summed E-state index contributed by atoms with van der Waals surface area (Å²) in [5.74, 6) is -1.91. The number of nitrogens with zero attached hydrogens (tertiary/aromatic N) is 4. The lowest BCUT2D eigenvalue weighted by molar-refractivity contribution is -0.383. The van der Waals surface area contributed by atoms with Gasteiger partial charge in [-0.2, -0.15) is 0 Å². The van der Waals surface area contributed by atoms with Gasteiger partial charge in [-0.25, -0.2) is 19.3 Å². The van der Waals surface area contributed by atoms with Crippen LogP contribution in [-0.4, -0.2) is 25.8 Å². The van der Waals surface area contributed by atoms with Gasteiger partial charge in [-0.3, -0.25) is 25.8 Å². The van der Waals surface area contributed by atoms with E-state index in [4.69, 9.17) is 0 Å². The molecule has 2 heterocycles. The number of hydrogen-bond donors (Lipinski definition) is 3. The lowest BCUT2D eigenvalue weighted by Crippen LogP contribution is -2.31. The largest absolute Gasteiger partial charge is 0.355 e. The van der Waals surface area contributed by atoms with Crippen LogP contribution in [0.15, 0.2) is 30.6 Å². The van der Waals surface area contributed by atoms with Gasteiger partial charge in [0.25, 0.3) is 5.91 Å². The first kappa shape index (κ1) is 19.1. The summed E-state index contributed by atoms with van der Waals surface area (Å²) in [6.07, 6.45) is 1.08. The Hall–Kier alpha value is -3.67. The van der Waals surface area contributed by atoms with Crippen LogP contribution in [0.4, 0.5) is 26.8 Å². The molecule has 3 N–H and O–H groups in total. The molecule has 10 nitrogen and oxygen atoms in total. The van der Waals surface area contributed by atoms with Crippen molar-refractivity contribution in [2.75, 3.05) is 10.7 Å². The van der Waals surface area contributed by atoms with Gasteiger partial charge in [-0.05, 0) is 26.0 Å². The van der Waals surface area contributed by atoms with E-state index in [-0.39, 0.29) is 17.2 Å². The van der Waals surface area contributed by atoms with E-state index in [0.717, 1.165) is 23.0 Å². The van der Waals surface area contributed by atoms with Gasteiger partial charge in [0.15, 0.2) is 5.13 Å². The number of carbonyl (C=O) groups is 1. The fourth-order valence-corrected chi connectivity index (χ4v) is 3.00. The van der Waals surface area contributed by atoms with E-state index in [1.165, 1.54) is 29.5 Å². The molecule has 0 aliphatic rings. The maximum Gasteiger partial charge on any atom is 0.355 e. The molecule has 144 valence electrons. The molecule has 1 amide bonds. The van der Waals surface area contributed by atoms with Gasteiger partial charge in [-0.1, -0.05) is 12.1 Å². The molecule has 0 unspecified atom stereocenters. The summed E-state index contributed by atoms with van der Waals surface area (Å²) >= 11 is 1.32. The van der Waals surface area contributed by atoms with Crippen LogP contribution in [0.1, 0.15) is 20.9 Å². The SMILES string of the molecule is Cc1nc(Nc2ncnc(NNC(=O)c3ccccc3F)c2[N+](=O)[O-])sc1C. The molecule has 0 atom stereocenters. The second-order valence-corrected chi connectivity index (χ2v) is 6.72. The van der Waals surface area contributed by atoms with E-state index >= 15 is 0 Å². The van der Waals surface area contributed by atoms with Crippen molar-refractivity contribution < 1.29 is 14.1 Å². The third-order valence-electron chi connectivity index (χ3n) is 3.67. The second kappa shape index (κ2) is 7.92. The van der Waals surface area contributed by atoms with E-state index in [2.05, 4.69) is 31.1 Å². The lowest BCUT2D eigenvalue weighted by atomic mass is 10.2. The van der Waals surface area contributed by atoms with E-state index in [1.54, 1.807) is 0 Å². The molecule has 0 fully saturated rings. The zero-order chi connectivity index (χ0) is 20.3. The van der Waals surface area contributed by atoms with E-state index in [9.17, 15) is 19.3 Å². The average molecular weight is 403 g/mol. The summed E-state index contributed by atoms with van der Waals surface area (Å²) < 4.78 is 13.7. The van der Waals surface area contributed by atoms with Crippen molar-refractivity contribution in [2.24, 2.45) is 0 Å². The average Bonchev–Trinajstić information content (AvgIpc) is 2.97. The van der Waals surface area contributed by atoms with Gasteiger partial charge >= 0.3 is 5.69 Å². The number of thiazole rings is 1. The fourth-order valence-electron chi connectivity index (χ4n) is 2.19. The molecule has 0 saturated carbocycles. The highest BCUT2D eigenvalue weighted by Gasteiger charge is 2.24. The molecule has 0 aliphatic heterocycles. The van der Waals surface area contributed by atoms with Crippen molar-refractivity contribution in [3.8, 4) is 0 Å². The fraction of sp³-hybridized carbons (Fsp3) is 0.125. The molecule has 0 spiro atoms. The van der Waals surface area contributed by atoms with Crippen LogP contribution >= 0.6 is 11.3 Å². The molecule has 1 aromatic carbocycles. The Morgan fingerprint density at radius 3 is 2.57 bits per heavy atom. The number of hydrogen-bond acceptors (Lipinski definition) is 9. The first-order valence-electron chi connectivity index (χ1n) is 7.88. The third-order valence-corrected chi connectivity index (χ3v) is 4.66. The minimum absolute atomic E-state index is 0.101. The van der Waals surface area contributed by atoms with Crippen molar-refractivity contribution in [1.82, 2.24) is 20.4 Å². The minimum atomic E-state index is -0.813. The maximum absolute atomic E-state index is 13.7. The highest BCUT2D eigenvalue weighted by Crippen LogP contribution is 2.32. The smallest absolute Gasteiger partial charge is 0.310 e. The molecule has 0 radical (unpaired) electrons. The minimum Gasteiger partial charge on any atom is -0.310 e.